The van der Waals surface area contributed by atoms with Crippen molar-refractivity contribution in [2.45, 2.75) is 27.0 Å². The molecule has 0 spiro atoms. The predicted octanol–water partition coefficient (Wildman–Crippen LogP) is 3.81. The fourth-order valence-corrected chi connectivity index (χ4v) is 2.67. The first kappa shape index (κ1) is 18.5. The van der Waals surface area contributed by atoms with E-state index in [0.717, 1.165) is 22.6 Å². The molecule has 27 heavy (non-hydrogen) atoms. The Hall–Kier alpha value is -3.28. The Morgan fingerprint density at radius 2 is 1.89 bits per heavy atom. The number of nitrogens with zero attached hydrogens (tertiary/aromatic N) is 1. The summed E-state index contributed by atoms with van der Waals surface area (Å²) in [5.74, 6) is 1.60. The molecule has 1 amide bonds. The molecular weight excluding hydrogens is 344 g/mol. The fourth-order valence-electron chi connectivity index (χ4n) is 2.67. The summed E-state index contributed by atoms with van der Waals surface area (Å²) in [6.07, 6.45) is 0. The Morgan fingerprint density at radius 3 is 2.56 bits per heavy atom. The van der Waals surface area contributed by atoms with E-state index < -0.39 is 0 Å². The summed E-state index contributed by atoms with van der Waals surface area (Å²) in [7, 11) is 1.55. The van der Waals surface area contributed by atoms with Crippen molar-refractivity contribution in [3.05, 3.63) is 76.7 Å². The summed E-state index contributed by atoms with van der Waals surface area (Å²) in [4.78, 5) is 12.4. The normalized spacial score (nSPS) is 10.5. The quantitative estimate of drug-likeness (QED) is 0.688. The van der Waals surface area contributed by atoms with Crippen LogP contribution in [0, 0.1) is 13.8 Å². The van der Waals surface area contributed by atoms with Gasteiger partial charge in [0, 0.05) is 12.1 Å². The number of hydrogen-bond acceptors (Lipinski definition) is 5. The molecule has 0 saturated carbocycles. The van der Waals surface area contributed by atoms with E-state index in [0.29, 0.717) is 30.2 Å². The van der Waals surface area contributed by atoms with E-state index in [2.05, 4.69) is 10.5 Å². The van der Waals surface area contributed by atoms with Gasteiger partial charge in [0.15, 0.2) is 11.5 Å². The van der Waals surface area contributed by atoms with Crippen molar-refractivity contribution >= 4 is 5.91 Å². The number of amides is 1. The molecular formula is C21H22N2O4. The molecule has 140 valence electrons. The topological polar surface area (TPSA) is 73.6 Å². The molecule has 2 aromatic carbocycles. The second-order valence-electron chi connectivity index (χ2n) is 6.13. The van der Waals surface area contributed by atoms with Crippen LogP contribution in [0.25, 0.3) is 0 Å². The Labute approximate surface area is 158 Å². The maximum atomic E-state index is 12.4. The zero-order valence-electron chi connectivity index (χ0n) is 15.6. The fraction of sp³-hybridized carbons (Fsp3) is 0.238. The molecule has 6 heteroatoms. The molecule has 1 heterocycles. The molecule has 0 aliphatic carbocycles. The lowest BCUT2D eigenvalue weighted by Crippen LogP contribution is -2.22. The molecule has 0 aliphatic heterocycles. The number of benzene rings is 2. The Balaban J connectivity index is 1.67. The SMILES string of the molecule is COc1cc(C(=O)NCc2ccccc2)ccc1OCc1c(C)noc1C. The lowest BCUT2D eigenvalue weighted by Gasteiger charge is -2.12. The van der Waals surface area contributed by atoms with Crippen molar-refractivity contribution in [3.8, 4) is 11.5 Å². The van der Waals surface area contributed by atoms with Gasteiger partial charge in [0.1, 0.15) is 12.4 Å². The lowest BCUT2D eigenvalue weighted by atomic mass is 10.1. The summed E-state index contributed by atoms with van der Waals surface area (Å²) in [5.41, 5.74) is 3.25. The number of carbonyl (C=O) groups is 1. The standard InChI is InChI=1S/C21H22N2O4/c1-14-18(15(2)27-23-14)13-26-19-10-9-17(11-20(19)25-3)21(24)22-12-16-7-5-4-6-8-16/h4-11H,12-13H2,1-3H3,(H,22,24). The van der Waals surface area contributed by atoms with Gasteiger partial charge in [-0.1, -0.05) is 35.5 Å². The Bertz CT molecular complexity index is 900. The van der Waals surface area contributed by atoms with Crippen LogP contribution in [0.5, 0.6) is 11.5 Å². The van der Waals surface area contributed by atoms with Gasteiger partial charge in [-0.05, 0) is 37.6 Å². The highest BCUT2D eigenvalue weighted by Crippen LogP contribution is 2.29. The van der Waals surface area contributed by atoms with Crippen LogP contribution in [0.15, 0.2) is 53.1 Å². The number of ether oxygens (including phenoxy) is 2. The van der Waals surface area contributed by atoms with Gasteiger partial charge in [-0.25, -0.2) is 0 Å². The second kappa shape index (κ2) is 8.40. The zero-order chi connectivity index (χ0) is 19.2. The van der Waals surface area contributed by atoms with E-state index in [4.69, 9.17) is 14.0 Å². The largest absolute Gasteiger partial charge is 0.493 e. The van der Waals surface area contributed by atoms with Crippen LogP contribution in [0.3, 0.4) is 0 Å². The number of methoxy groups -OCH3 is 1. The number of rotatable bonds is 7. The molecule has 1 N–H and O–H groups in total. The van der Waals surface area contributed by atoms with Crippen molar-refractivity contribution in [2.75, 3.05) is 7.11 Å². The monoisotopic (exact) mass is 366 g/mol. The molecule has 0 fully saturated rings. The maximum Gasteiger partial charge on any atom is 0.251 e. The van der Waals surface area contributed by atoms with Gasteiger partial charge < -0.3 is 19.3 Å². The minimum Gasteiger partial charge on any atom is -0.493 e. The number of aryl methyl sites for hydroxylation is 2. The van der Waals surface area contributed by atoms with Crippen LogP contribution in [-0.4, -0.2) is 18.2 Å². The average molecular weight is 366 g/mol. The van der Waals surface area contributed by atoms with E-state index in [1.54, 1.807) is 25.3 Å². The molecule has 3 rings (SSSR count). The van der Waals surface area contributed by atoms with E-state index in [1.807, 2.05) is 44.2 Å². The molecule has 3 aromatic rings. The van der Waals surface area contributed by atoms with E-state index in [-0.39, 0.29) is 5.91 Å². The van der Waals surface area contributed by atoms with Crippen LogP contribution >= 0.6 is 0 Å². The van der Waals surface area contributed by atoms with Gasteiger partial charge in [-0.2, -0.15) is 0 Å². The van der Waals surface area contributed by atoms with Crippen LogP contribution in [0.1, 0.15) is 32.9 Å². The summed E-state index contributed by atoms with van der Waals surface area (Å²) >= 11 is 0. The highest BCUT2D eigenvalue weighted by atomic mass is 16.5. The molecule has 0 bridgehead atoms. The highest BCUT2D eigenvalue weighted by molar-refractivity contribution is 5.94. The van der Waals surface area contributed by atoms with Crippen molar-refractivity contribution < 1.29 is 18.8 Å². The van der Waals surface area contributed by atoms with Crippen molar-refractivity contribution in [1.29, 1.82) is 0 Å². The van der Waals surface area contributed by atoms with Crippen molar-refractivity contribution in [3.63, 3.8) is 0 Å². The van der Waals surface area contributed by atoms with E-state index in [9.17, 15) is 4.79 Å². The van der Waals surface area contributed by atoms with Gasteiger partial charge in [-0.15, -0.1) is 0 Å². The summed E-state index contributed by atoms with van der Waals surface area (Å²) in [6, 6.07) is 14.9. The molecule has 0 aliphatic rings. The molecule has 0 saturated heterocycles. The third kappa shape index (κ3) is 4.47. The van der Waals surface area contributed by atoms with Gasteiger partial charge in [-0.3, -0.25) is 4.79 Å². The van der Waals surface area contributed by atoms with Crippen LogP contribution < -0.4 is 14.8 Å². The number of hydrogen-bond donors (Lipinski definition) is 1. The zero-order valence-corrected chi connectivity index (χ0v) is 15.6. The van der Waals surface area contributed by atoms with Crippen LogP contribution in [0.4, 0.5) is 0 Å². The minimum absolute atomic E-state index is 0.172. The summed E-state index contributed by atoms with van der Waals surface area (Å²) < 4.78 is 16.4. The summed E-state index contributed by atoms with van der Waals surface area (Å²) in [6.45, 7) is 4.49. The first-order chi connectivity index (χ1) is 13.1. The smallest absolute Gasteiger partial charge is 0.251 e. The molecule has 0 atom stereocenters. The highest BCUT2D eigenvalue weighted by Gasteiger charge is 2.14. The third-order valence-electron chi connectivity index (χ3n) is 4.27. The van der Waals surface area contributed by atoms with Gasteiger partial charge >= 0.3 is 0 Å². The van der Waals surface area contributed by atoms with E-state index in [1.165, 1.54) is 0 Å². The van der Waals surface area contributed by atoms with Gasteiger partial charge in [0.05, 0.1) is 18.4 Å². The number of aromatic nitrogens is 1. The molecule has 1 aromatic heterocycles. The predicted molar refractivity (Wildman–Crippen MR) is 101 cm³/mol. The number of carbonyl (C=O) groups excluding carboxylic acids is 1. The number of nitrogens with one attached hydrogen (secondary N) is 1. The van der Waals surface area contributed by atoms with E-state index >= 15 is 0 Å². The molecule has 0 radical (unpaired) electrons. The van der Waals surface area contributed by atoms with Crippen LogP contribution in [-0.2, 0) is 13.2 Å². The van der Waals surface area contributed by atoms with Crippen LogP contribution in [0.2, 0.25) is 0 Å². The average Bonchev–Trinajstić information content (AvgIpc) is 3.02. The van der Waals surface area contributed by atoms with Crippen molar-refractivity contribution in [1.82, 2.24) is 10.5 Å². The first-order valence-electron chi connectivity index (χ1n) is 8.63. The third-order valence-corrected chi connectivity index (χ3v) is 4.27. The Morgan fingerprint density at radius 1 is 1.11 bits per heavy atom. The van der Waals surface area contributed by atoms with Gasteiger partial charge in [0.25, 0.3) is 5.91 Å². The lowest BCUT2D eigenvalue weighted by molar-refractivity contribution is 0.0950. The maximum absolute atomic E-state index is 12.4. The molecule has 0 unspecified atom stereocenters. The van der Waals surface area contributed by atoms with Crippen molar-refractivity contribution in [2.24, 2.45) is 0 Å². The Kier molecular flexibility index (Phi) is 5.76. The first-order valence-corrected chi connectivity index (χ1v) is 8.63. The summed E-state index contributed by atoms with van der Waals surface area (Å²) in [5, 5.41) is 6.81. The molecule has 6 nitrogen and oxygen atoms in total. The second-order valence-corrected chi connectivity index (χ2v) is 6.13. The minimum atomic E-state index is -0.172. The van der Waals surface area contributed by atoms with Gasteiger partial charge in [0.2, 0.25) is 0 Å².